The number of amides is 2. The zero-order valence-electron chi connectivity index (χ0n) is 10.7. The molecule has 0 spiro atoms. The van der Waals surface area contributed by atoms with E-state index in [0.717, 1.165) is 6.42 Å². The van der Waals surface area contributed by atoms with E-state index >= 15 is 0 Å². The summed E-state index contributed by atoms with van der Waals surface area (Å²) in [6, 6.07) is -0.414. The number of carbonyl (C=O) groups is 2. The summed E-state index contributed by atoms with van der Waals surface area (Å²) in [5.74, 6) is -0.996. The molecular formula is C11H22N2O3. The summed E-state index contributed by atoms with van der Waals surface area (Å²) in [5.41, 5.74) is -0.360. The molecule has 94 valence electrons. The van der Waals surface area contributed by atoms with Crippen molar-refractivity contribution in [3.05, 3.63) is 0 Å². The van der Waals surface area contributed by atoms with Gasteiger partial charge in [-0.05, 0) is 34.1 Å². The Morgan fingerprint density at radius 1 is 1.38 bits per heavy atom. The minimum Gasteiger partial charge on any atom is -0.480 e. The van der Waals surface area contributed by atoms with Crippen LogP contribution >= 0.6 is 0 Å². The molecule has 5 nitrogen and oxygen atoms in total. The van der Waals surface area contributed by atoms with Gasteiger partial charge in [-0.3, -0.25) is 4.79 Å². The molecule has 0 aromatic rings. The van der Waals surface area contributed by atoms with E-state index < -0.39 is 5.97 Å². The Balaban J connectivity index is 4.63. The van der Waals surface area contributed by atoms with Gasteiger partial charge in [0, 0.05) is 11.6 Å². The standard InChI is InChI=1S/C11H22N2O3/c1-6-8(2)13(7-9(14)15)10(16)12-11(3,4)5/h8H,6-7H2,1-5H3,(H,12,16)(H,14,15). The first-order valence-electron chi connectivity index (χ1n) is 5.48. The lowest BCUT2D eigenvalue weighted by Crippen LogP contribution is -2.52. The van der Waals surface area contributed by atoms with Gasteiger partial charge >= 0.3 is 12.0 Å². The zero-order chi connectivity index (χ0) is 12.9. The highest BCUT2D eigenvalue weighted by Gasteiger charge is 2.24. The molecular weight excluding hydrogens is 208 g/mol. The maximum Gasteiger partial charge on any atom is 0.323 e. The van der Waals surface area contributed by atoms with Crippen LogP contribution in [-0.4, -0.2) is 40.1 Å². The number of nitrogens with zero attached hydrogens (tertiary/aromatic N) is 1. The summed E-state index contributed by atoms with van der Waals surface area (Å²) in [6.45, 7) is 9.08. The lowest BCUT2D eigenvalue weighted by Gasteiger charge is -2.31. The van der Waals surface area contributed by atoms with Crippen LogP contribution in [0.2, 0.25) is 0 Å². The van der Waals surface area contributed by atoms with Gasteiger partial charge in [0.05, 0.1) is 0 Å². The summed E-state index contributed by atoms with van der Waals surface area (Å²) in [5, 5.41) is 11.5. The molecule has 0 aromatic carbocycles. The highest BCUT2D eigenvalue weighted by Crippen LogP contribution is 2.07. The van der Waals surface area contributed by atoms with Crippen LogP contribution in [0, 0.1) is 0 Å². The SMILES string of the molecule is CCC(C)N(CC(=O)O)C(=O)NC(C)(C)C. The molecule has 1 unspecified atom stereocenters. The predicted molar refractivity (Wildman–Crippen MR) is 62.4 cm³/mol. The van der Waals surface area contributed by atoms with E-state index in [1.165, 1.54) is 4.90 Å². The Hall–Kier alpha value is -1.26. The van der Waals surface area contributed by atoms with E-state index in [1.807, 2.05) is 34.6 Å². The summed E-state index contributed by atoms with van der Waals surface area (Å²) in [6.07, 6.45) is 0.727. The van der Waals surface area contributed by atoms with Crippen molar-refractivity contribution in [2.45, 2.75) is 52.6 Å². The van der Waals surface area contributed by atoms with Crippen molar-refractivity contribution < 1.29 is 14.7 Å². The van der Waals surface area contributed by atoms with Gasteiger partial charge in [-0.2, -0.15) is 0 Å². The molecule has 16 heavy (non-hydrogen) atoms. The average Bonchev–Trinajstić information content (AvgIpc) is 2.09. The fraction of sp³-hybridized carbons (Fsp3) is 0.818. The average molecular weight is 230 g/mol. The van der Waals surface area contributed by atoms with Gasteiger partial charge in [0.2, 0.25) is 0 Å². The van der Waals surface area contributed by atoms with Gasteiger partial charge in [-0.25, -0.2) is 4.79 Å². The van der Waals surface area contributed by atoms with E-state index in [-0.39, 0.29) is 24.2 Å². The van der Waals surface area contributed by atoms with Crippen molar-refractivity contribution in [2.24, 2.45) is 0 Å². The van der Waals surface area contributed by atoms with Crippen LogP contribution in [-0.2, 0) is 4.79 Å². The molecule has 0 aliphatic carbocycles. The molecule has 0 aromatic heterocycles. The number of rotatable bonds is 4. The van der Waals surface area contributed by atoms with E-state index in [9.17, 15) is 9.59 Å². The number of nitrogens with one attached hydrogen (secondary N) is 1. The second-order valence-corrected chi connectivity index (χ2v) is 4.96. The van der Waals surface area contributed by atoms with Crippen molar-refractivity contribution in [3.8, 4) is 0 Å². The van der Waals surface area contributed by atoms with Gasteiger partial charge in [0.1, 0.15) is 6.54 Å². The Morgan fingerprint density at radius 2 is 1.88 bits per heavy atom. The summed E-state index contributed by atoms with van der Waals surface area (Å²) in [7, 11) is 0. The molecule has 1 atom stereocenters. The Kier molecular flexibility index (Phi) is 5.27. The van der Waals surface area contributed by atoms with E-state index in [0.29, 0.717) is 0 Å². The minimum atomic E-state index is -0.996. The highest BCUT2D eigenvalue weighted by molar-refractivity contribution is 5.80. The number of carboxylic acid groups (broad SMARTS) is 1. The summed E-state index contributed by atoms with van der Waals surface area (Å²) in [4.78, 5) is 23.9. The van der Waals surface area contributed by atoms with Crippen molar-refractivity contribution in [2.75, 3.05) is 6.54 Å². The molecule has 0 saturated carbocycles. The fourth-order valence-electron chi connectivity index (χ4n) is 1.19. The van der Waals surface area contributed by atoms with Crippen LogP contribution in [0.4, 0.5) is 4.79 Å². The lowest BCUT2D eigenvalue weighted by molar-refractivity contribution is -0.138. The summed E-state index contributed by atoms with van der Waals surface area (Å²) >= 11 is 0. The molecule has 0 rings (SSSR count). The molecule has 0 heterocycles. The zero-order valence-corrected chi connectivity index (χ0v) is 10.7. The molecule has 0 bridgehead atoms. The number of hydrogen-bond acceptors (Lipinski definition) is 2. The van der Waals surface area contributed by atoms with Crippen LogP contribution in [0.25, 0.3) is 0 Å². The second kappa shape index (κ2) is 5.72. The molecule has 0 radical (unpaired) electrons. The monoisotopic (exact) mass is 230 g/mol. The Morgan fingerprint density at radius 3 is 2.19 bits per heavy atom. The predicted octanol–water partition coefficient (Wildman–Crippen LogP) is 1.68. The first-order valence-corrected chi connectivity index (χ1v) is 5.48. The smallest absolute Gasteiger partial charge is 0.323 e. The number of aliphatic carboxylic acids is 1. The lowest BCUT2D eigenvalue weighted by atomic mass is 10.1. The van der Waals surface area contributed by atoms with Crippen LogP contribution in [0.1, 0.15) is 41.0 Å². The number of hydrogen-bond donors (Lipinski definition) is 2. The van der Waals surface area contributed by atoms with Crippen LogP contribution in [0.5, 0.6) is 0 Å². The van der Waals surface area contributed by atoms with Crippen LogP contribution in [0.15, 0.2) is 0 Å². The third-order valence-corrected chi connectivity index (χ3v) is 2.17. The third kappa shape index (κ3) is 5.58. The molecule has 2 amide bonds. The fourth-order valence-corrected chi connectivity index (χ4v) is 1.19. The third-order valence-electron chi connectivity index (χ3n) is 2.17. The van der Waals surface area contributed by atoms with E-state index in [4.69, 9.17) is 5.11 Å². The Bertz CT molecular complexity index is 258. The van der Waals surface area contributed by atoms with Crippen molar-refractivity contribution in [1.29, 1.82) is 0 Å². The van der Waals surface area contributed by atoms with Gasteiger partial charge in [-0.1, -0.05) is 6.92 Å². The van der Waals surface area contributed by atoms with Gasteiger partial charge in [-0.15, -0.1) is 0 Å². The molecule has 0 saturated heterocycles. The number of carbonyl (C=O) groups excluding carboxylic acids is 1. The number of urea groups is 1. The molecule has 0 aliphatic rings. The van der Waals surface area contributed by atoms with E-state index in [1.54, 1.807) is 0 Å². The Labute approximate surface area is 96.8 Å². The summed E-state index contributed by atoms with van der Waals surface area (Å²) < 4.78 is 0. The molecule has 5 heteroatoms. The normalized spacial score (nSPS) is 13.1. The van der Waals surface area contributed by atoms with Gasteiger partial charge in [0.25, 0.3) is 0 Å². The second-order valence-electron chi connectivity index (χ2n) is 4.96. The topological polar surface area (TPSA) is 69.6 Å². The largest absolute Gasteiger partial charge is 0.480 e. The molecule has 0 aliphatic heterocycles. The minimum absolute atomic E-state index is 0.0848. The van der Waals surface area contributed by atoms with Crippen LogP contribution < -0.4 is 5.32 Å². The van der Waals surface area contributed by atoms with Crippen LogP contribution in [0.3, 0.4) is 0 Å². The van der Waals surface area contributed by atoms with Gasteiger partial charge < -0.3 is 15.3 Å². The van der Waals surface area contributed by atoms with Crippen molar-refractivity contribution in [1.82, 2.24) is 10.2 Å². The highest BCUT2D eigenvalue weighted by atomic mass is 16.4. The maximum atomic E-state index is 11.8. The molecule has 2 N–H and O–H groups in total. The quantitative estimate of drug-likeness (QED) is 0.772. The van der Waals surface area contributed by atoms with E-state index in [2.05, 4.69) is 5.32 Å². The first-order chi connectivity index (χ1) is 7.17. The number of carboxylic acids is 1. The maximum absolute atomic E-state index is 11.8. The molecule has 0 fully saturated rings. The first kappa shape index (κ1) is 14.7. The van der Waals surface area contributed by atoms with Crippen molar-refractivity contribution >= 4 is 12.0 Å². The van der Waals surface area contributed by atoms with Gasteiger partial charge in [0.15, 0.2) is 0 Å². The van der Waals surface area contributed by atoms with Crippen molar-refractivity contribution in [3.63, 3.8) is 0 Å².